The van der Waals surface area contributed by atoms with Gasteiger partial charge in [-0.3, -0.25) is 0 Å². The minimum atomic E-state index is 0.477. The van der Waals surface area contributed by atoms with Crippen molar-refractivity contribution in [3.63, 3.8) is 0 Å². The van der Waals surface area contributed by atoms with Gasteiger partial charge in [0.1, 0.15) is 5.82 Å². The SMILES string of the molecule is Cc1ccc(C)c(-c2c(CN)nc(C)n2C)c1. The molecule has 0 aliphatic carbocycles. The fraction of sp³-hybridized carbons (Fsp3) is 0.357. The average molecular weight is 229 g/mol. The van der Waals surface area contributed by atoms with Crippen molar-refractivity contribution < 1.29 is 0 Å². The van der Waals surface area contributed by atoms with Gasteiger partial charge in [0.05, 0.1) is 11.4 Å². The zero-order chi connectivity index (χ0) is 12.6. The van der Waals surface area contributed by atoms with Crippen molar-refractivity contribution in [2.75, 3.05) is 0 Å². The van der Waals surface area contributed by atoms with Crippen LogP contribution >= 0.6 is 0 Å². The summed E-state index contributed by atoms with van der Waals surface area (Å²) in [5.74, 6) is 1.00. The van der Waals surface area contributed by atoms with Crippen molar-refractivity contribution in [3.8, 4) is 11.3 Å². The fourth-order valence-corrected chi connectivity index (χ4v) is 2.15. The van der Waals surface area contributed by atoms with Gasteiger partial charge in [0.25, 0.3) is 0 Å². The van der Waals surface area contributed by atoms with Crippen molar-refractivity contribution in [1.29, 1.82) is 0 Å². The first kappa shape index (κ1) is 11.9. The van der Waals surface area contributed by atoms with Crippen LogP contribution in [0, 0.1) is 20.8 Å². The van der Waals surface area contributed by atoms with Crippen LogP contribution in [-0.2, 0) is 13.6 Å². The van der Waals surface area contributed by atoms with E-state index in [1.807, 2.05) is 14.0 Å². The highest BCUT2D eigenvalue weighted by Gasteiger charge is 2.14. The molecule has 0 aliphatic rings. The standard InChI is InChI=1S/C14H19N3/c1-9-5-6-10(2)12(7-9)14-13(8-15)16-11(3)17(14)4/h5-7H,8,15H2,1-4H3. The number of hydrogen-bond donors (Lipinski definition) is 1. The quantitative estimate of drug-likeness (QED) is 0.859. The Morgan fingerprint density at radius 3 is 2.59 bits per heavy atom. The molecule has 0 spiro atoms. The van der Waals surface area contributed by atoms with E-state index in [-0.39, 0.29) is 0 Å². The summed E-state index contributed by atoms with van der Waals surface area (Å²) in [4.78, 5) is 4.51. The maximum atomic E-state index is 5.78. The lowest BCUT2D eigenvalue weighted by Gasteiger charge is -2.10. The van der Waals surface area contributed by atoms with E-state index < -0.39 is 0 Å². The molecule has 0 saturated heterocycles. The summed E-state index contributed by atoms with van der Waals surface area (Å²) in [6, 6.07) is 6.47. The number of nitrogens with two attached hydrogens (primary N) is 1. The van der Waals surface area contributed by atoms with Crippen LogP contribution in [0.4, 0.5) is 0 Å². The third kappa shape index (κ3) is 1.98. The predicted molar refractivity (Wildman–Crippen MR) is 70.7 cm³/mol. The minimum absolute atomic E-state index is 0.477. The molecule has 0 fully saturated rings. The van der Waals surface area contributed by atoms with Crippen molar-refractivity contribution in [3.05, 3.63) is 40.8 Å². The summed E-state index contributed by atoms with van der Waals surface area (Å²) in [5.41, 5.74) is 11.6. The summed E-state index contributed by atoms with van der Waals surface area (Å²) < 4.78 is 2.12. The van der Waals surface area contributed by atoms with E-state index in [1.165, 1.54) is 16.7 Å². The van der Waals surface area contributed by atoms with Crippen molar-refractivity contribution in [2.45, 2.75) is 27.3 Å². The topological polar surface area (TPSA) is 43.8 Å². The summed E-state index contributed by atoms with van der Waals surface area (Å²) in [5, 5.41) is 0. The molecule has 2 N–H and O–H groups in total. The van der Waals surface area contributed by atoms with Gasteiger partial charge in [0.2, 0.25) is 0 Å². The molecule has 0 aliphatic heterocycles. The van der Waals surface area contributed by atoms with Gasteiger partial charge < -0.3 is 10.3 Å². The Morgan fingerprint density at radius 2 is 1.94 bits per heavy atom. The Bertz CT molecular complexity index is 553. The van der Waals surface area contributed by atoms with Gasteiger partial charge in [-0.15, -0.1) is 0 Å². The maximum Gasteiger partial charge on any atom is 0.106 e. The second-order valence-corrected chi connectivity index (χ2v) is 4.54. The first-order chi connectivity index (χ1) is 8.04. The number of imidazole rings is 1. The first-order valence-electron chi connectivity index (χ1n) is 5.84. The molecule has 1 aromatic heterocycles. The smallest absolute Gasteiger partial charge is 0.106 e. The van der Waals surface area contributed by atoms with Crippen LogP contribution in [0.25, 0.3) is 11.3 Å². The number of hydrogen-bond acceptors (Lipinski definition) is 2. The molecule has 3 heteroatoms. The Labute approximate surface area is 102 Å². The molecule has 0 unspecified atom stereocenters. The Morgan fingerprint density at radius 1 is 1.24 bits per heavy atom. The summed E-state index contributed by atoms with van der Waals surface area (Å²) in [7, 11) is 2.04. The summed E-state index contributed by atoms with van der Waals surface area (Å²) in [6.07, 6.45) is 0. The highest BCUT2D eigenvalue weighted by molar-refractivity contribution is 5.67. The lowest BCUT2D eigenvalue weighted by Crippen LogP contribution is -2.02. The molecular weight excluding hydrogens is 210 g/mol. The summed E-state index contributed by atoms with van der Waals surface area (Å²) in [6.45, 7) is 6.71. The lowest BCUT2D eigenvalue weighted by molar-refractivity contribution is 0.864. The second-order valence-electron chi connectivity index (χ2n) is 4.54. The second kappa shape index (κ2) is 4.34. The van der Waals surface area contributed by atoms with Crippen LogP contribution in [0.1, 0.15) is 22.6 Å². The zero-order valence-corrected chi connectivity index (χ0v) is 10.9. The van der Waals surface area contributed by atoms with Crippen LogP contribution in [-0.4, -0.2) is 9.55 Å². The number of benzene rings is 1. The molecule has 0 bridgehead atoms. The minimum Gasteiger partial charge on any atom is -0.331 e. The van der Waals surface area contributed by atoms with Gasteiger partial charge in [0.15, 0.2) is 0 Å². The molecule has 3 nitrogen and oxygen atoms in total. The molecule has 1 heterocycles. The van der Waals surface area contributed by atoms with Crippen molar-refractivity contribution in [2.24, 2.45) is 12.8 Å². The van der Waals surface area contributed by atoms with Crippen LogP contribution in [0.2, 0.25) is 0 Å². The molecule has 2 aromatic rings. The molecule has 0 saturated carbocycles. The highest BCUT2D eigenvalue weighted by atomic mass is 15.1. The van der Waals surface area contributed by atoms with Gasteiger partial charge >= 0.3 is 0 Å². The van der Waals surface area contributed by atoms with Crippen molar-refractivity contribution >= 4 is 0 Å². The molecular formula is C14H19N3. The van der Waals surface area contributed by atoms with E-state index in [1.54, 1.807) is 0 Å². The number of rotatable bonds is 2. The molecule has 0 amide bonds. The van der Waals surface area contributed by atoms with E-state index >= 15 is 0 Å². The summed E-state index contributed by atoms with van der Waals surface area (Å²) >= 11 is 0. The molecule has 17 heavy (non-hydrogen) atoms. The molecule has 0 atom stereocenters. The van der Waals surface area contributed by atoms with Gasteiger partial charge in [-0.2, -0.15) is 0 Å². The Kier molecular flexibility index (Phi) is 3.03. The van der Waals surface area contributed by atoms with Crippen LogP contribution < -0.4 is 5.73 Å². The molecule has 0 radical (unpaired) electrons. The third-order valence-corrected chi connectivity index (χ3v) is 3.23. The predicted octanol–water partition coefficient (Wildman–Crippen LogP) is 2.47. The van der Waals surface area contributed by atoms with Crippen molar-refractivity contribution in [1.82, 2.24) is 9.55 Å². The average Bonchev–Trinajstić information content (AvgIpc) is 2.59. The largest absolute Gasteiger partial charge is 0.331 e. The number of nitrogens with zero attached hydrogens (tertiary/aromatic N) is 2. The Balaban J connectivity index is 2.71. The third-order valence-electron chi connectivity index (χ3n) is 3.23. The highest BCUT2D eigenvalue weighted by Crippen LogP contribution is 2.28. The monoisotopic (exact) mass is 229 g/mol. The lowest BCUT2D eigenvalue weighted by atomic mass is 10.0. The van der Waals surface area contributed by atoms with E-state index in [0.29, 0.717) is 6.54 Å². The van der Waals surface area contributed by atoms with Crippen LogP contribution in [0.5, 0.6) is 0 Å². The molecule has 1 aromatic carbocycles. The molecule has 90 valence electrons. The maximum absolute atomic E-state index is 5.78. The van der Waals surface area contributed by atoms with Crippen LogP contribution in [0.15, 0.2) is 18.2 Å². The number of aromatic nitrogens is 2. The van der Waals surface area contributed by atoms with Gasteiger partial charge in [-0.25, -0.2) is 4.98 Å². The van der Waals surface area contributed by atoms with Gasteiger partial charge in [0, 0.05) is 19.2 Å². The van der Waals surface area contributed by atoms with Crippen LogP contribution in [0.3, 0.4) is 0 Å². The van der Waals surface area contributed by atoms with E-state index in [4.69, 9.17) is 5.73 Å². The van der Waals surface area contributed by atoms with Gasteiger partial charge in [-0.1, -0.05) is 17.7 Å². The van der Waals surface area contributed by atoms with E-state index in [2.05, 4.69) is 41.6 Å². The van der Waals surface area contributed by atoms with Gasteiger partial charge in [-0.05, 0) is 32.4 Å². The fourth-order valence-electron chi connectivity index (χ4n) is 2.15. The molecule has 2 rings (SSSR count). The first-order valence-corrected chi connectivity index (χ1v) is 5.84. The van der Waals surface area contributed by atoms with E-state index in [0.717, 1.165) is 17.2 Å². The zero-order valence-electron chi connectivity index (χ0n) is 10.9. The normalized spacial score (nSPS) is 10.9. The Hall–Kier alpha value is -1.61. The number of aryl methyl sites for hydroxylation is 3. The van der Waals surface area contributed by atoms with E-state index in [9.17, 15) is 0 Å².